The summed E-state index contributed by atoms with van der Waals surface area (Å²) in [6.45, 7) is -3.81. The molecular weight excluding hydrogens is 154 g/mol. The number of halogens is 3. The first-order valence-electron chi connectivity index (χ1n) is 3.77. The van der Waals surface area contributed by atoms with Gasteiger partial charge in [-0.25, -0.2) is 0 Å². The molecule has 0 bridgehead atoms. The molecule has 0 spiro atoms. The van der Waals surface area contributed by atoms with Crippen LogP contribution in [0.15, 0.2) is 0 Å². The fourth-order valence-electron chi connectivity index (χ4n) is 0.804. The molecule has 68 valence electrons. The second-order valence-electron chi connectivity index (χ2n) is 3.01. The lowest BCUT2D eigenvalue weighted by Crippen LogP contribution is -2.16. The largest absolute Gasteiger partial charge is 0.478 e. The Morgan fingerprint density at radius 2 is 1.64 bits per heavy atom. The van der Waals surface area contributed by atoms with E-state index in [1.165, 1.54) is 0 Å². The van der Waals surface area contributed by atoms with Gasteiger partial charge in [0.15, 0.2) is 0 Å². The third kappa shape index (κ3) is 9.81. The van der Waals surface area contributed by atoms with E-state index in [0.29, 0.717) is 6.42 Å². The van der Waals surface area contributed by atoms with Gasteiger partial charge in [-0.15, -0.1) is 0 Å². The molecule has 0 saturated carbocycles. The maximum Gasteiger partial charge on any atom is 0.478 e. The molecule has 0 aliphatic rings. The normalized spacial score (nSPS) is 12.5. The average Bonchev–Trinajstić information content (AvgIpc) is 1.78. The summed E-state index contributed by atoms with van der Waals surface area (Å²) >= 11 is 0. The zero-order valence-electron chi connectivity index (χ0n) is 6.99. The van der Waals surface area contributed by atoms with E-state index in [1.807, 2.05) is 19.0 Å². The van der Waals surface area contributed by atoms with Crippen LogP contribution in [-0.2, 0) is 0 Å². The third-order valence-corrected chi connectivity index (χ3v) is 1.39. The second-order valence-corrected chi connectivity index (χ2v) is 3.01. The van der Waals surface area contributed by atoms with Gasteiger partial charge < -0.3 is 17.8 Å². The highest BCUT2D eigenvalue weighted by Crippen LogP contribution is 2.17. The minimum absolute atomic E-state index is 0.266. The Bertz CT molecular complexity index is 102. The van der Waals surface area contributed by atoms with E-state index >= 15 is 0 Å². The Hall–Kier alpha value is -0.185. The van der Waals surface area contributed by atoms with Gasteiger partial charge in [-0.1, -0.05) is 12.7 Å². The van der Waals surface area contributed by atoms with Gasteiger partial charge in [0.25, 0.3) is 0 Å². The first kappa shape index (κ1) is 10.8. The lowest BCUT2D eigenvalue weighted by Gasteiger charge is -2.14. The summed E-state index contributed by atoms with van der Waals surface area (Å²) < 4.78 is 34.9. The minimum atomic E-state index is -4.55. The molecule has 0 aliphatic carbocycles. The van der Waals surface area contributed by atoms with Gasteiger partial charge in [0.1, 0.15) is 0 Å². The summed E-state index contributed by atoms with van der Waals surface area (Å²) in [7, 11) is 3.72. The molecule has 5 heteroatoms. The van der Waals surface area contributed by atoms with Crippen LogP contribution >= 0.6 is 0 Å². The number of hydrogen-bond acceptors (Lipinski definition) is 1. The topological polar surface area (TPSA) is 3.24 Å². The standard InChI is InChI=1S/C6H14BF3N/c1-11(2)6-4-3-5-7(8,9)10/h3-6H2,1-2H3/q-1. The number of rotatable bonds is 5. The van der Waals surface area contributed by atoms with Crippen LogP contribution < -0.4 is 0 Å². The first-order valence-corrected chi connectivity index (χ1v) is 3.77. The van der Waals surface area contributed by atoms with Crippen molar-refractivity contribution in [1.82, 2.24) is 4.90 Å². The molecule has 0 aromatic rings. The van der Waals surface area contributed by atoms with Crippen LogP contribution in [0.5, 0.6) is 0 Å². The van der Waals surface area contributed by atoms with Crippen molar-refractivity contribution in [3.05, 3.63) is 0 Å². The molecule has 0 aromatic heterocycles. The Morgan fingerprint density at radius 1 is 1.09 bits per heavy atom. The summed E-state index contributed by atoms with van der Waals surface area (Å²) in [5, 5.41) is 0. The number of hydrogen-bond donors (Lipinski definition) is 0. The molecular formula is C6H14BF3N-. The summed E-state index contributed by atoms with van der Waals surface area (Å²) in [5.74, 6) is 0. The zero-order chi connectivity index (χ0) is 8.91. The molecule has 0 amide bonds. The predicted molar refractivity (Wildman–Crippen MR) is 41.7 cm³/mol. The molecule has 11 heavy (non-hydrogen) atoms. The number of nitrogens with zero attached hydrogens (tertiary/aromatic N) is 1. The molecule has 0 unspecified atom stereocenters. The summed E-state index contributed by atoms with van der Waals surface area (Å²) in [6.07, 6.45) is 0.309. The van der Waals surface area contributed by atoms with E-state index in [4.69, 9.17) is 0 Å². The predicted octanol–water partition coefficient (Wildman–Crippen LogP) is 2.18. The maximum atomic E-state index is 11.6. The summed E-state index contributed by atoms with van der Waals surface area (Å²) in [6, 6.07) is 0. The van der Waals surface area contributed by atoms with E-state index < -0.39 is 13.3 Å². The van der Waals surface area contributed by atoms with Crippen LogP contribution in [-0.4, -0.2) is 32.5 Å². The van der Waals surface area contributed by atoms with Gasteiger partial charge in [0.2, 0.25) is 0 Å². The van der Waals surface area contributed by atoms with E-state index in [2.05, 4.69) is 0 Å². The maximum absolute atomic E-state index is 11.6. The highest BCUT2D eigenvalue weighted by Gasteiger charge is 2.21. The molecule has 0 aromatic carbocycles. The fourth-order valence-corrected chi connectivity index (χ4v) is 0.804. The van der Waals surface area contributed by atoms with Crippen molar-refractivity contribution in [2.24, 2.45) is 0 Å². The van der Waals surface area contributed by atoms with Crippen LogP contribution in [0.4, 0.5) is 12.9 Å². The monoisotopic (exact) mass is 168 g/mol. The van der Waals surface area contributed by atoms with Crippen molar-refractivity contribution in [2.45, 2.75) is 19.2 Å². The van der Waals surface area contributed by atoms with Gasteiger partial charge in [0, 0.05) is 0 Å². The molecule has 0 radical (unpaired) electrons. The molecule has 0 heterocycles. The quantitative estimate of drug-likeness (QED) is 0.449. The highest BCUT2D eigenvalue weighted by atomic mass is 19.4. The van der Waals surface area contributed by atoms with Gasteiger partial charge in [0.05, 0.1) is 0 Å². The smallest absolute Gasteiger partial charge is 0.449 e. The Balaban J connectivity index is 3.15. The molecule has 0 N–H and O–H groups in total. The van der Waals surface area contributed by atoms with Crippen molar-refractivity contribution < 1.29 is 12.9 Å². The molecule has 0 saturated heterocycles. The first-order chi connectivity index (χ1) is 4.92. The highest BCUT2D eigenvalue weighted by molar-refractivity contribution is 6.58. The minimum Gasteiger partial charge on any atom is -0.449 e. The van der Waals surface area contributed by atoms with E-state index in [-0.39, 0.29) is 6.42 Å². The Morgan fingerprint density at radius 3 is 2.00 bits per heavy atom. The van der Waals surface area contributed by atoms with Crippen molar-refractivity contribution in [1.29, 1.82) is 0 Å². The van der Waals surface area contributed by atoms with Gasteiger partial charge in [-0.2, -0.15) is 0 Å². The van der Waals surface area contributed by atoms with Crippen LogP contribution in [0.3, 0.4) is 0 Å². The van der Waals surface area contributed by atoms with Crippen molar-refractivity contribution in [3.63, 3.8) is 0 Å². The van der Waals surface area contributed by atoms with Crippen LogP contribution in [0.25, 0.3) is 0 Å². The van der Waals surface area contributed by atoms with Gasteiger partial charge in [-0.05, 0) is 27.1 Å². The van der Waals surface area contributed by atoms with Crippen molar-refractivity contribution in [3.8, 4) is 0 Å². The Kier molecular flexibility index (Phi) is 4.57. The van der Waals surface area contributed by atoms with Crippen molar-refractivity contribution in [2.75, 3.05) is 20.6 Å². The van der Waals surface area contributed by atoms with Gasteiger partial charge >= 0.3 is 6.98 Å². The average molecular weight is 168 g/mol. The van der Waals surface area contributed by atoms with E-state index in [1.54, 1.807) is 0 Å². The summed E-state index contributed by atoms with van der Waals surface area (Å²) in [4.78, 5) is 1.89. The van der Waals surface area contributed by atoms with E-state index in [9.17, 15) is 12.9 Å². The zero-order valence-corrected chi connectivity index (χ0v) is 6.99. The molecule has 0 rings (SSSR count). The fraction of sp³-hybridized carbons (Fsp3) is 1.00. The third-order valence-electron chi connectivity index (χ3n) is 1.39. The molecule has 0 aliphatic heterocycles. The van der Waals surface area contributed by atoms with E-state index in [0.717, 1.165) is 6.54 Å². The molecule has 1 nitrogen and oxygen atoms in total. The number of unbranched alkanes of at least 4 members (excludes halogenated alkanes) is 1. The lowest BCUT2D eigenvalue weighted by atomic mass is 9.84. The van der Waals surface area contributed by atoms with Gasteiger partial charge in [-0.3, -0.25) is 0 Å². The summed E-state index contributed by atoms with van der Waals surface area (Å²) in [5.41, 5.74) is 0. The Labute approximate surface area is 65.6 Å². The second kappa shape index (κ2) is 4.64. The lowest BCUT2D eigenvalue weighted by molar-refractivity contribution is 0.390. The van der Waals surface area contributed by atoms with Crippen LogP contribution in [0, 0.1) is 0 Å². The molecule has 0 fully saturated rings. The van der Waals surface area contributed by atoms with Crippen LogP contribution in [0.2, 0.25) is 6.32 Å². The SMILES string of the molecule is CN(C)CCCC[B-](F)(F)F. The van der Waals surface area contributed by atoms with Crippen molar-refractivity contribution >= 4 is 6.98 Å². The van der Waals surface area contributed by atoms with Crippen LogP contribution in [0.1, 0.15) is 12.8 Å². The molecule has 0 atom stereocenters.